The maximum atomic E-state index is 13.6. The Morgan fingerprint density at radius 3 is 2.06 bits per heavy atom. The van der Waals surface area contributed by atoms with Gasteiger partial charge in [-0.1, -0.05) is 86.1 Å². The average molecular weight is 495 g/mol. The van der Waals surface area contributed by atoms with Gasteiger partial charge >= 0.3 is 0 Å². The molecule has 4 nitrogen and oxygen atoms in total. The lowest BCUT2D eigenvalue weighted by Crippen LogP contribution is -2.51. The Labute approximate surface area is 211 Å². The second-order valence-corrected chi connectivity index (χ2v) is 10.1. The van der Waals surface area contributed by atoms with Crippen molar-refractivity contribution in [2.45, 2.75) is 37.8 Å². The van der Waals surface area contributed by atoms with Gasteiger partial charge in [0, 0.05) is 29.4 Å². The van der Waals surface area contributed by atoms with Crippen LogP contribution in [0.2, 0.25) is 5.02 Å². The summed E-state index contributed by atoms with van der Waals surface area (Å²) in [7, 11) is 0. The SMILES string of the molecule is CC(C)CNC(=O)C(Cc1ccccc1)N(Cc1ccccc1)C(=O)CSc1ccc(Cl)cc1. The van der Waals surface area contributed by atoms with Gasteiger partial charge in [0.1, 0.15) is 6.04 Å². The summed E-state index contributed by atoms with van der Waals surface area (Å²) < 4.78 is 0. The minimum atomic E-state index is -0.611. The lowest BCUT2D eigenvalue weighted by molar-refractivity contribution is -0.139. The fourth-order valence-corrected chi connectivity index (χ4v) is 4.43. The van der Waals surface area contributed by atoms with Crippen LogP contribution in [0.4, 0.5) is 0 Å². The van der Waals surface area contributed by atoms with E-state index in [1.54, 1.807) is 4.90 Å². The Hall–Kier alpha value is -2.76. The molecule has 0 aliphatic heterocycles. The molecule has 0 saturated heterocycles. The van der Waals surface area contributed by atoms with E-state index in [9.17, 15) is 9.59 Å². The number of carbonyl (C=O) groups excluding carboxylic acids is 2. The zero-order valence-corrected chi connectivity index (χ0v) is 21.2. The molecule has 0 aliphatic rings. The molecule has 1 atom stereocenters. The first-order chi connectivity index (χ1) is 16.4. The van der Waals surface area contributed by atoms with Crippen LogP contribution >= 0.6 is 23.4 Å². The predicted molar refractivity (Wildman–Crippen MR) is 141 cm³/mol. The number of nitrogens with one attached hydrogen (secondary N) is 1. The van der Waals surface area contributed by atoms with Gasteiger partial charge in [0.15, 0.2) is 0 Å². The Morgan fingerprint density at radius 2 is 1.47 bits per heavy atom. The molecule has 34 heavy (non-hydrogen) atoms. The lowest BCUT2D eigenvalue weighted by atomic mass is 10.0. The van der Waals surface area contributed by atoms with Crippen LogP contribution in [-0.2, 0) is 22.6 Å². The van der Waals surface area contributed by atoms with Crippen molar-refractivity contribution < 1.29 is 9.59 Å². The predicted octanol–water partition coefficient (Wildman–Crippen LogP) is 5.84. The van der Waals surface area contributed by atoms with Crippen LogP contribution in [0.25, 0.3) is 0 Å². The topological polar surface area (TPSA) is 49.4 Å². The minimum absolute atomic E-state index is 0.0792. The van der Waals surface area contributed by atoms with Crippen molar-refractivity contribution in [3.63, 3.8) is 0 Å². The Kier molecular flexibility index (Phi) is 10.0. The summed E-state index contributed by atoms with van der Waals surface area (Å²) in [4.78, 5) is 29.6. The molecular weight excluding hydrogens is 464 g/mol. The number of carbonyl (C=O) groups is 2. The van der Waals surface area contributed by atoms with Gasteiger partial charge in [0.05, 0.1) is 5.75 Å². The van der Waals surface area contributed by atoms with Crippen LogP contribution in [0.5, 0.6) is 0 Å². The van der Waals surface area contributed by atoms with E-state index in [1.807, 2.05) is 84.9 Å². The summed E-state index contributed by atoms with van der Waals surface area (Å²) in [6.07, 6.45) is 0.453. The lowest BCUT2D eigenvalue weighted by Gasteiger charge is -2.31. The highest BCUT2D eigenvalue weighted by Crippen LogP contribution is 2.22. The molecule has 2 amide bonds. The van der Waals surface area contributed by atoms with Crippen molar-refractivity contribution in [3.8, 4) is 0 Å². The van der Waals surface area contributed by atoms with E-state index in [4.69, 9.17) is 11.6 Å². The molecule has 0 fully saturated rings. The van der Waals surface area contributed by atoms with E-state index < -0.39 is 6.04 Å². The fraction of sp³-hybridized carbons (Fsp3) is 0.286. The van der Waals surface area contributed by atoms with E-state index >= 15 is 0 Å². The molecular formula is C28H31ClN2O2S. The van der Waals surface area contributed by atoms with Crippen LogP contribution in [0, 0.1) is 5.92 Å². The van der Waals surface area contributed by atoms with Crippen LogP contribution in [0.1, 0.15) is 25.0 Å². The Balaban J connectivity index is 1.86. The van der Waals surface area contributed by atoms with Gasteiger partial charge in [-0.25, -0.2) is 0 Å². The van der Waals surface area contributed by atoms with Gasteiger partial charge < -0.3 is 10.2 Å². The normalized spacial score (nSPS) is 11.8. The smallest absolute Gasteiger partial charge is 0.243 e. The molecule has 1 unspecified atom stereocenters. The van der Waals surface area contributed by atoms with E-state index in [0.29, 0.717) is 30.5 Å². The molecule has 0 aliphatic carbocycles. The van der Waals surface area contributed by atoms with E-state index in [0.717, 1.165) is 16.0 Å². The molecule has 0 bridgehead atoms. The summed E-state index contributed by atoms with van der Waals surface area (Å²) in [5.41, 5.74) is 2.01. The van der Waals surface area contributed by atoms with Gasteiger partial charge in [0.25, 0.3) is 0 Å². The second-order valence-electron chi connectivity index (χ2n) is 8.59. The van der Waals surface area contributed by atoms with Crippen molar-refractivity contribution in [3.05, 3.63) is 101 Å². The third kappa shape index (κ3) is 8.23. The van der Waals surface area contributed by atoms with Gasteiger partial charge in [-0.15, -0.1) is 11.8 Å². The van der Waals surface area contributed by atoms with Gasteiger partial charge in [-0.3, -0.25) is 9.59 Å². The van der Waals surface area contributed by atoms with Crippen molar-refractivity contribution in [2.24, 2.45) is 5.92 Å². The molecule has 0 radical (unpaired) electrons. The monoisotopic (exact) mass is 494 g/mol. The summed E-state index contributed by atoms with van der Waals surface area (Å²) in [6.45, 7) is 5.05. The van der Waals surface area contributed by atoms with Crippen LogP contribution in [0.3, 0.4) is 0 Å². The van der Waals surface area contributed by atoms with E-state index in [2.05, 4.69) is 19.2 Å². The molecule has 1 N–H and O–H groups in total. The highest BCUT2D eigenvalue weighted by Gasteiger charge is 2.30. The van der Waals surface area contributed by atoms with E-state index in [1.165, 1.54) is 11.8 Å². The van der Waals surface area contributed by atoms with Crippen molar-refractivity contribution in [1.29, 1.82) is 0 Å². The fourth-order valence-electron chi connectivity index (χ4n) is 3.52. The Bertz CT molecular complexity index is 1040. The number of hydrogen-bond donors (Lipinski definition) is 1. The van der Waals surface area contributed by atoms with Crippen LogP contribution in [-0.4, -0.2) is 35.1 Å². The number of benzene rings is 3. The van der Waals surface area contributed by atoms with Crippen molar-refractivity contribution >= 4 is 35.2 Å². The maximum Gasteiger partial charge on any atom is 0.243 e. The molecule has 0 aromatic heterocycles. The number of halogens is 1. The highest BCUT2D eigenvalue weighted by molar-refractivity contribution is 8.00. The van der Waals surface area contributed by atoms with E-state index in [-0.39, 0.29) is 17.6 Å². The molecule has 3 aromatic carbocycles. The molecule has 0 spiro atoms. The standard InChI is InChI=1S/C28H31ClN2O2S/c1-21(2)18-30-28(33)26(17-22-9-5-3-6-10-22)31(19-23-11-7-4-8-12-23)27(32)20-34-25-15-13-24(29)14-16-25/h3-16,21,26H,17-20H2,1-2H3,(H,30,33). The summed E-state index contributed by atoms with van der Waals surface area (Å²) in [5, 5.41) is 3.71. The molecule has 3 aromatic rings. The number of amides is 2. The summed E-state index contributed by atoms with van der Waals surface area (Å²) in [5.74, 6) is 0.347. The average Bonchev–Trinajstić information content (AvgIpc) is 2.85. The third-order valence-corrected chi connectivity index (χ3v) is 6.58. The quantitative estimate of drug-likeness (QED) is 0.340. The highest BCUT2D eigenvalue weighted by atomic mass is 35.5. The maximum absolute atomic E-state index is 13.6. The van der Waals surface area contributed by atoms with Crippen molar-refractivity contribution in [1.82, 2.24) is 10.2 Å². The first-order valence-corrected chi connectivity index (χ1v) is 12.8. The molecule has 0 heterocycles. The van der Waals surface area contributed by atoms with Gasteiger partial charge in [-0.2, -0.15) is 0 Å². The molecule has 0 saturated carbocycles. The minimum Gasteiger partial charge on any atom is -0.354 e. The third-order valence-electron chi connectivity index (χ3n) is 5.33. The molecule has 3 rings (SSSR count). The summed E-state index contributed by atoms with van der Waals surface area (Å²) in [6, 6.07) is 26.5. The first kappa shape index (κ1) is 25.9. The van der Waals surface area contributed by atoms with Crippen molar-refractivity contribution in [2.75, 3.05) is 12.3 Å². The second kappa shape index (κ2) is 13.2. The largest absolute Gasteiger partial charge is 0.354 e. The molecule has 6 heteroatoms. The number of rotatable bonds is 11. The van der Waals surface area contributed by atoms with Crippen LogP contribution < -0.4 is 5.32 Å². The zero-order valence-electron chi connectivity index (χ0n) is 19.6. The zero-order chi connectivity index (χ0) is 24.3. The number of thioether (sulfide) groups is 1. The first-order valence-electron chi connectivity index (χ1n) is 11.5. The van der Waals surface area contributed by atoms with Gasteiger partial charge in [0.2, 0.25) is 11.8 Å². The van der Waals surface area contributed by atoms with Gasteiger partial charge in [-0.05, 0) is 41.3 Å². The summed E-state index contributed by atoms with van der Waals surface area (Å²) >= 11 is 7.44. The Morgan fingerprint density at radius 1 is 0.882 bits per heavy atom. The molecule has 178 valence electrons. The number of hydrogen-bond acceptors (Lipinski definition) is 3. The van der Waals surface area contributed by atoms with Crippen LogP contribution in [0.15, 0.2) is 89.8 Å². The number of nitrogens with zero attached hydrogens (tertiary/aromatic N) is 1.